The standard InChI is InChI=1S/C15H20BrN3/c1-11-3-4-12(16)9-14(11)19(2)13-5-7-15(18,10-17)8-6-13/h3-4,9,13H,5-8,18H2,1-2H3. The van der Waals surface area contributed by atoms with Crippen molar-refractivity contribution < 1.29 is 0 Å². The van der Waals surface area contributed by atoms with Gasteiger partial charge in [0.25, 0.3) is 0 Å². The zero-order valence-corrected chi connectivity index (χ0v) is 13.1. The number of nitrogens with two attached hydrogens (primary N) is 1. The number of nitrogens with zero attached hydrogens (tertiary/aromatic N) is 2. The Hall–Kier alpha value is -1.05. The van der Waals surface area contributed by atoms with E-state index in [0.717, 1.165) is 30.2 Å². The van der Waals surface area contributed by atoms with Crippen LogP contribution in [-0.4, -0.2) is 18.6 Å². The van der Waals surface area contributed by atoms with Crippen molar-refractivity contribution in [3.63, 3.8) is 0 Å². The van der Waals surface area contributed by atoms with Gasteiger partial charge in [0.05, 0.1) is 6.07 Å². The molecule has 0 spiro atoms. The molecule has 2 rings (SSSR count). The highest BCUT2D eigenvalue weighted by Crippen LogP contribution is 2.32. The highest BCUT2D eigenvalue weighted by molar-refractivity contribution is 9.10. The number of halogens is 1. The van der Waals surface area contributed by atoms with E-state index >= 15 is 0 Å². The first kappa shape index (κ1) is 14.4. The minimum atomic E-state index is -0.607. The lowest BCUT2D eigenvalue weighted by atomic mass is 9.80. The first-order valence-corrected chi connectivity index (χ1v) is 7.43. The number of rotatable bonds is 2. The first-order chi connectivity index (χ1) is 8.95. The molecule has 0 atom stereocenters. The molecule has 0 aliphatic heterocycles. The van der Waals surface area contributed by atoms with Gasteiger partial charge < -0.3 is 10.6 Å². The molecule has 1 aromatic rings. The predicted octanol–water partition coefficient (Wildman–Crippen LogP) is 3.36. The number of benzene rings is 1. The van der Waals surface area contributed by atoms with Gasteiger partial charge in [-0.1, -0.05) is 22.0 Å². The fraction of sp³-hybridized carbons (Fsp3) is 0.533. The maximum Gasteiger partial charge on any atom is 0.104 e. The molecule has 0 radical (unpaired) electrons. The zero-order chi connectivity index (χ0) is 14.0. The average molecular weight is 322 g/mol. The van der Waals surface area contributed by atoms with Crippen LogP contribution in [0.15, 0.2) is 22.7 Å². The van der Waals surface area contributed by atoms with Crippen molar-refractivity contribution in [2.45, 2.75) is 44.2 Å². The normalized spacial score (nSPS) is 26.8. The van der Waals surface area contributed by atoms with E-state index in [9.17, 15) is 0 Å². The molecular formula is C15H20BrN3. The largest absolute Gasteiger partial charge is 0.371 e. The molecule has 102 valence electrons. The highest BCUT2D eigenvalue weighted by atomic mass is 79.9. The smallest absolute Gasteiger partial charge is 0.104 e. The van der Waals surface area contributed by atoms with Crippen molar-refractivity contribution in [3.8, 4) is 6.07 Å². The summed E-state index contributed by atoms with van der Waals surface area (Å²) in [5.41, 5.74) is 7.94. The molecule has 0 heterocycles. The van der Waals surface area contributed by atoms with Gasteiger partial charge in [-0.2, -0.15) is 5.26 Å². The predicted molar refractivity (Wildman–Crippen MR) is 82.1 cm³/mol. The fourth-order valence-corrected chi connectivity index (χ4v) is 3.13. The molecular weight excluding hydrogens is 302 g/mol. The van der Waals surface area contributed by atoms with Gasteiger partial charge in [-0.25, -0.2) is 0 Å². The van der Waals surface area contributed by atoms with Crippen LogP contribution in [-0.2, 0) is 0 Å². The van der Waals surface area contributed by atoms with Gasteiger partial charge in [-0.15, -0.1) is 0 Å². The SMILES string of the molecule is Cc1ccc(Br)cc1N(C)C1CCC(N)(C#N)CC1. The van der Waals surface area contributed by atoms with Crippen LogP contribution < -0.4 is 10.6 Å². The van der Waals surface area contributed by atoms with Crippen LogP contribution in [0.1, 0.15) is 31.2 Å². The molecule has 0 unspecified atom stereocenters. The third-order valence-electron chi connectivity index (χ3n) is 4.17. The second-order valence-electron chi connectivity index (χ2n) is 5.54. The molecule has 0 aromatic heterocycles. The van der Waals surface area contributed by atoms with E-state index in [-0.39, 0.29) is 0 Å². The van der Waals surface area contributed by atoms with Crippen molar-refractivity contribution in [1.82, 2.24) is 0 Å². The lowest BCUT2D eigenvalue weighted by Crippen LogP contribution is -2.46. The molecule has 19 heavy (non-hydrogen) atoms. The van der Waals surface area contributed by atoms with Crippen LogP contribution >= 0.6 is 15.9 Å². The van der Waals surface area contributed by atoms with E-state index in [0.29, 0.717) is 6.04 Å². The summed E-state index contributed by atoms with van der Waals surface area (Å²) in [7, 11) is 2.13. The molecule has 3 nitrogen and oxygen atoms in total. The number of hydrogen-bond acceptors (Lipinski definition) is 3. The van der Waals surface area contributed by atoms with Gasteiger partial charge in [0, 0.05) is 23.2 Å². The van der Waals surface area contributed by atoms with Crippen LogP contribution in [0.4, 0.5) is 5.69 Å². The quantitative estimate of drug-likeness (QED) is 0.908. The topological polar surface area (TPSA) is 53.0 Å². The average Bonchev–Trinajstić information content (AvgIpc) is 2.42. The Bertz CT molecular complexity index is 499. The number of aryl methyl sites for hydroxylation is 1. The molecule has 2 N–H and O–H groups in total. The summed E-state index contributed by atoms with van der Waals surface area (Å²) in [6.45, 7) is 2.13. The van der Waals surface area contributed by atoms with E-state index < -0.39 is 5.54 Å². The van der Waals surface area contributed by atoms with Crippen molar-refractivity contribution in [3.05, 3.63) is 28.2 Å². The monoisotopic (exact) mass is 321 g/mol. The van der Waals surface area contributed by atoms with Gasteiger partial charge in [-0.3, -0.25) is 0 Å². The Kier molecular flexibility index (Phi) is 4.17. The minimum Gasteiger partial charge on any atom is -0.371 e. The second-order valence-corrected chi connectivity index (χ2v) is 6.46. The first-order valence-electron chi connectivity index (χ1n) is 6.64. The number of nitriles is 1. The van der Waals surface area contributed by atoms with E-state index in [2.05, 4.69) is 59.1 Å². The molecule has 0 amide bonds. The summed E-state index contributed by atoms with van der Waals surface area (Å²) in [5.74, 6) is 0. The molecule has 1 aromatic carbocycles. The maximum absolute atomic E-state index is 9.08. The molecule has 0 bridgehead atoms. The highest BCUT2D eigenvalue weighted by Gasteiger charge is 2.33. The third kappa shape index (κ3) is 3.10. The Morgan fingerprint density at radius 2 is 2.05 bits per heavy atom. The lowest BCUT2D eigenvalue weighted by Gasteiger charge is -2.38. The zero-order valence-electron chi connectivity index (χ0n) is 11.5. The summed E-state index contributed by atoms with van der Waals surface area (Å²) in [4.78, 5) is 2.33. The number of anilines is 1. The Labute approximate surface area is 123 Å². The van der Waals surface area contributed by atoms with Gasteiger partial charge >= 0.3 is 0 Å². The summed E-state index contributed by atoms with van der Waals surface area (Å²) >= 11 is 3.53. The van der Waals surface area contributed by atoms with Gasteiger partial charge in [0.2, 0.25) is 0 Å². The maximum atomic E-state index is 9.08. The molecule has 1 fully saturated rings. The van der Waals surface area contributed by atoms with Gasteiger partial charge in [0.1, 0.15) is 5.54 Å². The van der Waals surface area contributed by atoms with Crippen LogP contribution in [0.2, 0.25) is 0 Å². The van der Waals surface area contributed by atoms with E-state index in [1.54, 1.807) is 0 Å². The lowest BCUT2D eigenvalue weighted by molar-refractivity contribution is 0.327. The van der Waals surface area contributed by atoms with Crippen LogP contribution in [0.5, 0.6) is 0 Å². The molecule has 4 heteroatoms. The van der Waals surface area contributed by atoms with Crippen LogP contribution in [0.25, 0.3) is 0 Å². The molecule has 0 saturated heterocycles. The van der Waals surface area contributed by atoms with E-state index in [4.69, 9.17) is 11.0 Å². The number of hydrogen-bond donors (Lipinski definition) is 1. The van der Waals surface area contributed by atoms with Crippen LogP contribution in [0.3, 0.4) is 0 Å². The van der Waals surface area contributed by atoms with Crippen molar-refractivity contribution >= 4 is 21.6 Å². The fourth-order valence-electron chi connectivity index (χ4n) is 2.78. The minimum absolute atomic E-state index is 0.470. The van der Waals surface area contributed by atoms with Crippen molar-refractivity contribution in [1.29, 1.82) is 5.26 Å². The molecule has 1 aliphatic carbocycles. The summed E-state index contributed by atoms with van der Waals surface area (Å²) in [6, 6.07) is 9.07. The van der Waals surface area contributed by atoms with Crippen molar-refractivity contribution in [2.24, 2.45) is 5.73 Å². The van der Waals surface area contributed by atoms with Gasteiger partial charge in [-0.05, 0) is 50.3 Å². The molecule has 1 aliphatic rings. The van der Waals surface area contributed by atoms with Gasteiger partial charge in [0.15, 0.2) is 0 Å². The Morgan fingerprint density at radius 3 is 2.63 bits per heavy atom. The van der Waals surface area contributed by atoms with E-state index in [1.165, 1.54) is 11.3 Å². The van der Waals surface area contributed by atoms with Crippen LogP contribution in [0, 0.1) is 18.3 Å². The summed E-state index contributed by atoms with van der Waals surface area (Å²) in [5, 5.41) is 9.08. The van der Waals surface area contributed by atoms with Crippen molar-refractivity contribution in [2.75, 3.05) is 11.9 Å². The van der Waals surface area contributed by atoms with E-state index in [1.807, 2.05) is 0 Å². The second kappa shape index (κ2) is 5.52. The summed E-state index contributed by atoms with van der Waals surface area (Å²) < 4.78 is 1.10. The molecule has 1 saturated carbocycles. The summed E-state index contributed by atoms with van der Waals surface area (Å²) in [6.07, 6.45) is 3.52. The Balaban J connectivity index is 2.12. The Morgan fingerprint density at radius 1 is 1.42 bits per heavy atom. The third-order valence-corrected chi connectivity index (χ3v) is 4.66.